The molecule has 0 atom stereocenters. The van der Waals surface area contributed by atoms with Crippen molar-refractivity contribution in [1.29, 1.82) is 0 Å². The third kappa shape index (κ3) is 7.79. The fourth-order valence-electron chi connectivity index (χ4n) is 4.50. The Morgan fingerprint density at radius 1 is 1.00 bits per heavy atom. The fraction of sp³-hybridized carbons (Fsp3) is 0.290. The van der Waals surface area contributed by atoms with Crippen LogP contribution >= 0.6 is 11.8 Å². The summed E-state index contributed by atoms with van der Waals surface area (Å²) in [7, 11) is 0. The summed E-state index contributed by atoms with van der Waals surface area (Å²) in [5.41, 5.74) is 5.51. The van der Waals surface area contributed by atoms with Gasteiger partial charge in [0.2, 0.25) is 0 Å². The molecule has 220 valence electrons. The molecule has 0 radical (unpaired) electrons. The zero-order valence-electron chi connectivity index (χ0n) is 23.9. The van der Waals surface area contributed by atoms with Crippen molar-refractivity contribution in [3.8, 4) is 22.8 Å². The predicted molar refractivity (Wildman–Crippen MR) is 161 cm³/mol. The van der Waals surface area contributed by atoms with E-state index >= 15 is 0 Å². The highest BCUT2D eigenvalue weighted by atomic mass is 32.2. The second kappa shape index (κ2) is 13.7. The number of halogens is 3. The molecule has 4 aromatic rings. The number of rotatable bonds is 6. The van der Waals surface area contributed by atoms with E-state index in [-0.39, 0.29) is 18.1 Å². The molecule has 2 heterocycles. The van der Waals surface area contributed by atoms with Gasteiger partial charge in [-0.2, -0.15) is 4.99 Å². The van der Waals surface area contributed by atoms with Crippen LogP contribution in [0.4, 0.5) is 18.9 Å². The van der Waals surface area contributed by atoms with Crippen molar-refractivity contribution in [3.05, 3.63) is 89.7 Å². The molecule has 1 amide bonds. The molecule has 5 rings (SSSR count). The molecule has 1 aliphatic rings. The third-order valence-electron chi connectivity index (χ3n) is 6.31. The molecular formula is C31H32F3N5O2S. The number of carbonyl (C=O) groups excluding carboxylic acids is 1. The number of amides is 1. The largest absolute Gasteiger partial charge is 0.573 e. The monoisotopic (exact) mass is 595 g/mol. The van der Waals surface area contributed by atoms with E-state index in [1.807, 2.05) is 44.2 Å². The molecular weight excluding hydrogens is 563 g/mol. The van der Waals surface area contributed by atoms with E-state index in [2.05, 4.69) is 50.7 Å². The van der Waals surface area contributed by atoms with Crippen molar-refractivity contribution >= 4 is 28.5 Å². The van der Waals surface area contributed by atoms with Crippen molar-refractivity contribution in [2.75, 3.05) is 17.2 Å². The summed E-state index contributed by atoms with van der Waals surface area (Å²) < 4.78 is 42.5. The third-order valence-corrected chi connectivity index (χ3v) is 7.37. The Bertz CT molecular complexity index is 1510. The van der Waals surface area contributed by atoms with Gasteiger partial charge in [-0.25, -0.2) is 9.67 Å². The molecule has 1 aromatic heterocycles. The molecule has 0 spiro atoms. The minimum Gasteiger partial charge on any atom is -0.406 e. The van der Waals surface area contributed by atoms with Crippen LogP contribution in [0.5, 0.6) is 5.75 Å². The lowest BCUT2D eigenvalue weighted by molar-refractivity contribution is -0.274. The zero-order chi connectivity index (χ0) is 30.3. The van der Waals surface area contributed by atoms with E-state index in [9.17, 15) is 18.0 Å². The van der Waals surface area contributed by atoms with E-state index in [1.54, 1.807) is 11.8 Å². The first-order valence-corrected chi connectivity index (χ1v) is 14.6. The first-order valence-electron chi connectivity index (χ1n) is 13.6. The van der Waals surface area contributed by atoms with Crippen LogP contribution in [0.1, 0.15) is 37.0 Å². The number of alkyl halides is 3. The number of hydrogen-bond donors (Lipinski definition) is 0. The molecule has 1 saturated heterocycles. The van der Waals surface area contributed by atoms with Gasteiger partial charge >= 0.3 is 6.36 Å². The minimum absolute atomic E-state index is 0.166. The van der Waals surface area contributed by atoms with E-state index in [0.29, 0.717) is 11.5 Å². The Hall–Kier alpha value is -4.12. The van der Waals surface area contributed by atoms with E-state index in [4.69, 9.17) is 0 Å². The summed E-state index contributed by atoms with van der Waals surface area (Å²) >= 11 is 1.60. The van der Waals surface area contributed by atoms with Gasteiger partial charge in [-0.1, -0.05) is 68.1 Å². The van der Waals surface area contributed by atoms with Crippen LogP contribution < -0.4 is 9.64 Å². The number of carbonyl (C=O) groups is 1. The highest BCUT2D eigenvalue weighted by molar-refractivity contribution is 8.14. The van der Waals surface area contributed by atoms with Crippen molar-refractivity contribution in [2.45, 2.75) is 46.9 Å². The van der Waals surface area contributed by atoms with Crippen LogP contribution in [-0.4, -0.2) is 44.5 Å². The lowest BCUT2D eigenvalue weighted by atomic mass is 10.1. The number of aliphatic imine (C=N–C) groups is 1. The molecule has 1 fully saturated rings. The molecule has 0 N–H and O–H groups in total. The number of amidine groups is 1. The summed E-state index contributed by atoms with van der Waals surface area (Å²) in [4.78, 5) is 23.9. The number of thioether (sulfide) groups is 1. The normalized spacial score (nSPS) is 14.4. The van der Waals surface area contributed by atoms with Crippen molar-refractivity contribution < 1.29 is 22.7 Å². The average Bonchev–Trinajstić information content (AvgIpc) is 3.45. The summed E-state index contributed by atoms with van der Waals surface area (Å²) in [6.45, 7) is 8.97. The molecule has 0 saturated carbocycles. The SMILES string of the molecule is CC.Cc1cccc(C)c1N1CCCSC1=NC(=O)Cc1ccc(-c2ncn(-c3ccc(OC(F)(F)F)cc3)n2)cc1. The zero-order valence-corrected chi connectivity index (χ0v) is 24.7. The molecule has 42 heavy (non-hydrogen) atoms. The number of aromatic nitrogens is 3. The number of hydrogen-bond acceptors (Lipinski definition) is 5. The van der Waals surface area contributed by atoms with Gasteiger partial charge in [-0.3, -0.25) is 4.79 Å². The van der Waals surface area contributed by atoms with Crippen LogP contribution in [0.15, 0.2) is 78.0 Å². The Balaban J connectivity index is 0.00000198. The number of aryl methyl sites for hydroxylation is 2. The molecule has 1 aliphatic heterocycles. The van der Waals surface area contributed by atoms with Gasteiger partial charge in [0.1, 0.15) is 12.1 Å². The van der Waals surface area contributed by atoms with Crippen molar-refractivity contribution in [1.82, 2.24) is 14.8 Å². The summed E-state index contributed by atoms with van der Waals surface area (Å²) in [6, 6.07) is 18.9. The number of para-hydroxylation sites is 1. The van der Waals surface area contributed by atoms with E-state index < -0.39 is 6.36 Å². The Morgan fingerprint density at radius 2 is 1.67 bits per heavy atom. The predicted octanol–water partition coefficient (Wildman–Crippen LogP) is 7.54. The molecule has 7 nitrogen and oxygen atoms in total. The van der Waals surface area contributed by atoms with Gasteiger partial charge in [-0.05, 0) is 61.2 Å². The summed E-state index contributed by atoms with van der Waals surface area (Å²) in [5.74, 6) is 0.838. The lowest BCUT2D eigenvalue weighted by Crippen LogP contribution is -2.35. The standard InChI is InChI=1S/C29H26F3N5O2S.C2H6/c1-19-5-3-6-20(2)26(19)36-15-4-16-40-28(36)34-25(38)17-21-7-9-22(10-8-21)27-33-18-37(35-27)23-11-13-24(14-12-23)39-29(30,31)32;1-2/h3,5-14,18H,4,15-17H2,1-2H3;1-2H3. The summed E-state index contributed by atoms with van der Waals surface area (Å²) in [6.07, 6.45) is -2.08. The van der Waals surface area contributed by atoms with Gasteiger partial charge in [0.25, 0.3) is 5.91 Å². The molecule has 3 aromatic carbocycles. The van der Waals surface area contributed by atoms with Gasteiger partial charge in [0, 0.05) is 23.5 Å². The van der Waals surface area contributed by atoms with E-state index in [0.717, 1.165) is 51.8 Å². The second-order valence-corrected chi connectivity index (χ2v) is 10.4. The van der Waals surface area contributed by atoms with Gasteiger partial charge < -0.3 is 9.64 Å². The first kappa shape index (κ1) is 30.8. The minimum atomic E-state index is -4.75. The quantitative estimate of drug-likeness (QED) is 0.229. The van der Waals surface area contributed by atoms with E-state index in [1.165, 1.54) is 35.3 Å². The Labute approximate surface area is 247 Å². The van der Waals surface area contributed by atoms with Crippen LogP contribution in [-0.2, 0) is 11.2 Å². The maximum atomic E-state index is 12.9. The highest BCUT2D eigenvalue weighted by Gasteiger charge is 2.31. The number of nitrogens with zero attached hydrogens (tertiary/aromatic N) is 5. The molecule has 0 unspecified atom stereocenters. The van der Waals surface area contributed by atoms with Crippen molar-refractivity contribution in [2.24, 2.45) is 4.99 Å². The van der Waals surface area contributed by atoms with Gasteiger partial charge in [0.05, 0.1) is 12.1 Å². The van der Waals surface area contributed by atoms with Crippen molar-refractivity contribution in [3.63, 3.8) is 0 Å². The lowest BCUT2D eigenvalue weighted by Gasteiger charge is -2.32. The number of anilines is 1. The number of benzene rings is 3. The average molecular weight is 596 g/mol. The van der Waals surface area contributed by atoms with Crippen LogP contribution in [0, 0.1) is 13.8 Å². The number of ether oxygens (including phenoxy) is 1. The van der Waals surface area contributed by atoms with Gasteiger partial charge in [0.15, 0.2) is 11.0 Å². The molecule has 0 bridgehead atoms. The van der Waals surface area contributed by atoms with Crippen LogP contribution in [0.25, 0.3) is 17.1 Å². The topological polar surface area (TPSA) is 72.6 Å². The molecule has 0 aliphatic carbocycles. The van der Waals surface area contributed by atoms with Crippen LogP contribution in [0.3, 0.4) is 0 Å². The highest BCUT2D eigenvalue weighted by Crippen LogP contribution is 2.31. The van der Waals surface area contributed by atoms with Crippen LogP contribution in [0.2, 0.25) is 0 Å². The van der Waals surface area contributed by atoms with Gasteiger partial charge in [-0.15, -0.1) is 18.3 Å². The molecule has 11 heteroatoms. The Kier molecular flexibility index (Phi) is 10.1. The first-order chi connectivity index (χ1) is 20.2. The smallest absolute Gasteiger partial charge is 0.406 e. The maximum absolute atomic E-state index is 12.9. The Morgan fingerprint density at radius 3 is 2.31 bits per heavy atom. The second-order valence-electron chi connectivity index (χ2n) is 9.31. The maximum Gasteiger partial charge on any atom is 0.573 e. The fourth-order valence-corrected chi connectivity index (χ4v) is 5.46. The summed E-state index contributed by atoms with van der Waals surface area (Å²) in [5, 5.41) is 5.15.